The fourth-order valence-corrected chi connectivity index (χ4v) is 1.60. The average Bonchev–Trinajstić information content (AvgIpc) is 2.03. The highest BCUT2D eigenvalue weighted by molar-refractivity contribution is 4.90. The second-order valence-electron chi connectivity index (χ2n) is 3.06. The Morgan fingerprint density at radius 1 is 1.20 bits per heavy atom. The van der Waals surface area contributed by atoms with Gasteiger partial charge in [0, 0.05) is 6.54 Å². The Balaban J connectivity index is 2.19. The van der Waals surface area contributed by atoms with Gasteiger partial charge >= 0.3 is 0 Å². The van der Waals surface area contributed by atoms with Crippen molar-refractivity contribution in [1.29, 1.82) is 0 Å². The fourth-order valence-electron chi connectivity index (χ4n) is 1.60. The molecule has 0 unspecified atom stereocenters. The third-order valence-electron chi connectivity index (χ3n) is 2.19. The van der Waals surface area contributed by atoms with E-state index in [1.165, 1.54) is 32.1 Å². The molecule has 1 fully saturated rings. The molecule has 1 aliphatic rings. The van der Waals surface area contributed by atoms with E-state index < -0.39 is 0 Å². The number of hydrogen-bond donors (Lipinski definition) is 1. The average molecular weight is 139 g/mol. The summed E-state index contributed by atoms with van der Waals surface area (Å²) in [5.74, 6) is 0.845. The molecular formula is C9H17N. The summed E-state index contributed by atoms with van der Waals surface area (Å²) in [4.78, 5) is 0. The van der Waals surface area contributed by atoms with Crippen molar-refractivity contribution in [3.8, 4) is 0 Å². The standard InChI is InChI=1S/C9H17N/c10-8-4-7-9-5-2-1-3-6-9/h4,7,9H,1-3,5-6,8,10H2. The summed E-state index contributed by atoms with van der Waals surface area (Å²) in [6, 6.07) is 0. The van der Waals surface area contributed by atoms with Crippen LogP contribution in [0, 0.1) is 5.92 Å². The Hall–Kier alpha value is -0.300. The summed E-state index contributed by atoms with van der Waals surface area (Å²) < 4.78 is 0. The summed E-state index contributed by atoms with van der Waals surface area (Å²) in [6.07, 6.45) is 11.4. The molecule has 1 rings (SSSR count). The molecule has 0 aromatic heterocycles. The number of hydrogen-bond acceptors (Lipinski definition) is 1. The molecule has 0 heterocycles. The third-order valence-corrected chi connectivity index (χ3v) is 2.19. The normalized spacial score (nSPS) is 22.1. The van der Waals surface area contributed by atoms with Gasteiger partial charge in [0.25, 0.3) is 0 Å². The van der Waals surface area contributed by atoms with Gasteiger partial charge in [0.05, 0.1) is 0 Å². The van der Waals surface area contributed by atoms with Crippen LogP contribution in [0.1, 0.15) is 32.1 Å². The minimum absolute atomic E-state index is 0.705. The van der Waals surface area contributed by atoms with E-state index in [2.05, 4.69) is 12.2 Å². The van der Waals surface area contributed by atoms with Crippen molar-refractivity contribution in [3.05, 3.63) is 12.2 Å². The van der Waals surface area contributed by atoms with Gasteiger partial charge < -0.3 is 5.73 Å². The van der Waals surface area contributed by atoms with Crippen LogP contribution in [0.25, 0.3) is 0 Å². The predicted octanol–water partition coefficient (Wildman–Crippen LogP) is 2.08. The van der Waals surface area contributed by atoms with Crippen molar-refractivity contribution < 1.29 is 0 Å². The minimum Gasteiger partial charge on any atom is -0.327 e. The second kappa shape index (κ2) is 4.51. The lowest BCUT2D eigenvalue weighted by atomic mass is 9.89. The molecule has 1 heteroatoms. The summed E-state index contributed by atoms with van der Waals surface area (Å²) in [6.45, 7) is 0.705. The first kappa shape index (κ1) is 7.80. The molecule has 0 bridgehead atoms. The lowest BCUT2D eigenvalue weighted by Crippen LogP contribution is -2.03. The van der Waals surface area contributed by atoms with Crippen molar-refractivity contribution in [3.63, 3.8) is 0 Å². The first-order valence-electron chi connectivity index (χ1n) is 4.30. The second-order valence-corrected chi connectivity index (χ2v) is 3.06. The van der Waals surface area contributed by atoms with Crippen molar-refractivity contribution in [2.45, 2.75) is 32.1 Å². The maximum absolute atomic E-state index is 5.36. The highest BCUT2D eigenvalue weighted by Gasteiger charge is 2.08. The molecule has 0 atom stereocenters. The Kier molecular flexibility index (Phi) is 3.52. The van der Waals surface area contributed by atoms with Crippen molar-refractivity contribution in [2.75, 3.05) is 6.54 Å². The van der Waals surface area contributed by atoms with Gasteiger partial charge in [-0.15, -0.1) is 0 Å². The van der Waals surface area contributed by atoms with Gasteiger partial charge in [0.2, 0.25) is 0 Å². The summed E-state index contributed by atoms with van der Waals surface area (Å²) >= 11 is 0. The van der Waals surface area contributed by atoms with Crippen LogP contribution in [-0.2, 0) is 0 Å². The van der Waals surface area contributed by atoms with E-state index in [0.29, 0.717) is 6.54 Å². The van der Waals surface area contributed by atoms with E-state index in [1.54, 1.807) is 0 Å². The molecule has 0 aliphatic heterocycles. The molecular weight excluding hydrogens is 122 g/mol. The molecule has 1 nitrogen and oxygen atoms in total. The molecule has 10 heavy (non-hydrogen) atoms. The van der Waals surface area contributed by atoms with Gasteiger partial charge in [-0.1, -0.05) is 31.4 Å². The SMILES string of the molecule is NCC=CC1CCCCC1. The van der Waals surface area contributed by atoms with Crippen molar-refractivity contribution in [2.24, 2.45) is 11.7 Å². The Bertz CT molecular complexity index is 101. The van der Waals surface area contributed by atoms with Crippen LogP contribution in [0.2, 0.25) is 0 Å². The van der Waals surface area contributed by atoms with Gasteiger partial charge in [0.1, 0.15) is 0 Å². The van der Waals surface area contributed by atoms with Gasteiger partial charge in [-0.3, -0.25) is 0 Å². The zero-order chi connectivity index (χ0) is 7.23. The lowest BCUT2D eigenvalue weighted by molar-refractivity contribution is 0.419. The number of nitrogens with two attached hydrogens (primary N) is 1. The number of rotatable bonds is 2. The zero-order valence-electron chi connectivity index (χ0n) is 6.55. The zero-order valence-corrected chi connectivity index (χ0v) is 6.55. The van der Waals surface area contributed by atoms with Crippen LogP contribution >= 0.6 is 0 Å². The molecule has 0 aromatic carbocycles. The molecule has 2 N–H and O–H groups in total. The first-order valence-corrected chi connectivity index (χ1v) is 4.30. The fraction of sp³-hybridized carbons (Fsp3) is 0.778. The molecule has 0 radical (unpaired) electrons. The van der Waals surface area contributed by atoms with Crippen LogP contribution in [0.3, 0.4) is 0 Å². The molecule has 0 saturated heterocycles. The topological polar surface area (TPSA) is 26.0 Å². The highest BCUT2D eigenvalue weighted by Crippen LogP contribution is 2.24. The van der Waals surface area contributed by atoms with Crippen molar-refractivity contribution >= 4 is 0 Å². The molecule has 1 aliphatic carbocycles. The highest BCUT2D eigenvalue weighted by atomic mass is 14.5. The molecule has 58 valence electrons. The quantitative estimate of drug-likeness (QED) is 0.582. The largest absolute Gasteiger partial charge is 0.327 e. The van der Waals surface area contributed by atoms with Gasteiger partial charge in [-0.25, -0.2) is 0 Å². The van der Waals surface area contributed by atoms with Gasteiger partial charge in [-0.2, -0.15) is 0 Å². The van der Waals surface area contributed by atoms with Gasteiger partial charge in [0.15, 0.2) is 0 Å². The van der Waals surface area contributed by atoms with Crippen LogP contribution in [-0.4, -0.2) is 6.54 Å². The van der Waals surface area contributed by atoms with E-state index in [9.17, 15) is 0 Å². The maximum Gasteiger partial charge on any atom is 0.0106 e. The molecule has 1 saturated carbocycles. The predicted molar refractivity (Wildman–Crippen MR) is 44.8 cm³/mol. The first-order chi connectivity index (χ1) is 4.93. The van der Waals surface area contributed by atoms with E-state index in [4.69, 9.17) is 5.73 Å². The Morgan fingerprint density at radius 3 is 2.50 bits per heavy atom. The van der Waals surface area contributed by atoms with E-state index in [-0.39, 0.29) is 0 Å². The van der Waals surface area contributed by atoms with Gasteiger partial charge in [-0.05, 0) is 18.8 Å². The lowest BCUT2D eigenvalue weighted by Gasteiger charge is -2.17. The smallest absolute Gasteiger partial charge is 0.0106 e. The van der Waals surface area contributed by atoms with E-state index in [1.807, 2.05) is 0 Å². The maximum atomic E-state index is 5.36. The molecule has 0 spiro atoms. The molecule has 0 aromatic rings. The summed E-state index contributed by atoms with van der Waals surface area (Å²) in [5.41, 5.74) is 5.36. The van der Waals surface area contributed by atoms with E-state index >= 15 is 0 Å². The number of allylic oxidation sites excluding steroid dienone is 1. The summed E-state index contributed by atoms with van der Waals surface area (Å²) in [5, 5.41) is 0. The summed E-state index contributed by atoms with van der Waals surface area (Å²) in [7, 11) is 0. The monoisotopic (exact) mass is 139 g/mol. The Labute approximate surface area is 63.3 Å². The van der Waals surface area contributed by atoms with E-state index in [0.717, 1.165) is 5.92 Å². The third kappa shape index (κ3) is 2.53. The Morgan fingerprint density at radius 2 is 1.90 bits per heavy atom. The van der Waals surface area contributed by atoms with Crippen LogP contribution in [0.15, 0.2) is 12.2 Å². The van der Waals surface area contributed by atoms with Crippen LogP contribution in [0.5, 0.6) is 0 Å². The van der Waals surface area contributed by atoms with Crippen LogP contribution < -0.4 is 5.73 Å². The molecule has 0 amide bonds. The van der Waals surface area contributed by atoms with Crippen LogP contribution in [0.4, 0.5) is 0 Å². The minimum atomic E-state index is 0.705. The van der Waals surface area contributed by atoms with Crippen molar-refractivity contribution in [1.82, 2.24) is 0 Å².